The van der Waals surface area contributed by atoms with Gasteiger partial charge in [0, 0.05) is 37.4 Å². The van der Waals surface area contributed by atoms with Crippen molar-refractivity contribution in [1.29, 1.82) is 0 Å². The molecule has 1 aromatic heterocycles. The van der Waals surface area contributed by atoms with Crippen molar-refractivity contribution in [1.82, 2.24) is 20.2 Å². The number of carbonyl (C=O) groups is 1. The standard InChI is InChI=1S/C20H27FN4O/c1-15-13-23-19(25(15)14-16-7-9-17(21)10-8-16)11-12-22-20(26)24-18-5-3-2-4-6-18/h7-10,13,18H,2-6,11-12,14H2,1H3,(H2,22,24,26). The molecule has 1 saturated carbocycles. The van der Waals surface area contributed by atoms with E-state index >= 15 is 0 Å². The van der Waals surface area contributed by atoms with E-state index in [0.29, 0.717) is 25.6 Å². The summed E-state index contributed by atoms with van der Waals surface area (Å²) in [6, 6.07) is 6.73. The predicted molar refractivity (Wildman–Crippen MR) is 99.6 cm³/mol. The Labute approximate surface area is 154 Å². The molecule has 0 atom stereocenters. The summed E-state index contributed by atoms with van der Waals surface area (Å²) >= 11 is 0. The van der Waals surface area contributed by atoms with Crippen LogP contribution in [0.1, 0.15) is 49.2 Å². The third-order valence-electron chi connectivity index (χ3n) is 4.97. The van der Waals surface area contributed by atoms with E-state index in [9.17, 15) is 9.18 Å². The lowest BCUT2D eigenvalue weighted by molar-refractivity contribution is 0.232. The third kappa shape index (κ3) is 5.07. The van der Waals surface area contributed by atoms with Crippen LogP contribution in [-0.4, -0.2) is 28.2 Å². The van der Waals surface area contributed by atoms with Crippen LogP contribution < -0.4 is 10.6 Å². The van der Waals surface area contributed by atoms with Gasteiger partial charge in [0.25, 0.3) is 0 Å². The lowest BCUT2D eigenvalue weighted by atomic mass is 9.96. The van der Waals surface area contributed by atoms with Crippen LogP contribution in [0, 0.1) is 12.7 Å². The highest BCUT2D eigenvalue weighted by Crippen LogP contribution is 2.17. The van der Waals surface area contributed by atoms with Crippen molar-refractivity contribution in [2.75, 3.05) is 6.54 Å². The zero-order valence-electron chi connectivity index (χ0n) is 15.3. The van der Waals surface area contributed by atoms with Crippen molar-refractivity contribution in [2.45, 2.75) is 58.0 Å². The Morgan fingerprint density at radius 1 is 1.23 bits per heavy atom. The molecule has 1 fully saturated rings. The summed E-state index contributed by atoms with van der Waals surface area (Å²) in [4.78, 5) is 16.5. The summed E-state index contributed by atoms with van der Waals surface area (Å²) < 4.78 is 15.2. The molecule has 2 aromatic rings. The number of hydrogen-bond acceptors (Lipinski definition) is 2. The highest BCUT2D eigenvalue weighted by molar-refractivity contribution is 5.74. The summed E-state index contributed by atoms with van der Waals surface area (Å²) in [5.74, 6) is 0.689. The van der Waals surface area contributed by atoms with Crippen molar-refractivity contribution in [3.8, 4) is 0 Å². The van der Waals surface area contributed by atoms with Crippen molar-refractivity contribution < 1.29 is 9.18 Å². The van der Waals surface area contributed by atoms with Gasteiger partial charge in [-0.1, -0.05) is 31.4 Å². The molecule has 0 bridgehead atoms. The van der Waals surface area contributed by atoms with Crippen LogP contribution in [0.4, 0.5) is 9.18 Å². The highest BCUT2D eigenvalue weighted by Gasteiger charge is 2.15. The minimum Gasteiger partial charge on any atom is -0.338 e. The number of imidazole rings is 1. The molecule has 0 saturated heterocycles. The molecule has 1 aliphatic rings. The Balaban J connectivity index is 1.50. The molecular weight excluding hydrogens is 331 g/mol. The topological polar surface area (TPSA) is 59.0 Å². The van der Waals surface area contributed by atoms with Gasteiger partial charge in [-0.2, -0.15) is 0 Å². The molecule has 0 aliphatic heterocycles. The van der Waals surface area contributed by atoms with Gasteiger partial charge in [-0.05, 0) is 37.5 Å². The molecule has 2 N–H and O–H groups in total. The molecule has 1 aliphatic carbocycles. The quantitative estimate of drug-likeness (QED) is 0.830. The minimum absolute atomic E-state index is 0.0923. The number of urea groups is 1. The van der Waals surface area contributed by atoms with Gasteiger partial charge in [-0.25, -0.2) is 14.2 Å². The number of benzene rings is 1. The Bertz CT molecular complexity index is 720. The number of amides is 2. The van der Waals surface area contributed by atoms with Gasteiger partial charge in [0.1, 0.15) is 11.6 Å². The number of nitrogens with one attached hydrogen (secondary N) is 2. The van der Waals surface area contributed by atoms with Gasteiger partial charge < -0.3 is 15.2 Å². The zero-order chi connectivity index (χ0) is 18.4. The summed E-state index contributed by atoms with van der Waals surface area (Å²) in [6.07, 6.45) is 8.32. The zero-order valence-corrected chi connectivity index (χ0v) is 15.3. The predicted octanol–water partition coefficient (Wildman–Crippen LogP) is 3.55. The maximum absolute atomic E-state index is 13.1. The molecule has 1 aromatic carbocycles. The number of nitrogens with zero attached hydrogens (tertiary/aromatic N) is 2. The Kier molecular flexibility index (Phi) is 6.26. The molecule has 5 nitrogen and oxygen atoms in total. The Morgan fingerprint density at radius 3 is 2.69 bits per heavy atom. The summed E-state index contributed by atoms with van der Waals surface area (Å²) in [5, 5.41) is 5.99. The largest absolute Gasteiger partial charge is 0.338 e. The lowest BCUT2D eigenvalue weighted by Gasteiger charge is -2.22. The van der Waals surface area contributed by atoms with Gasteiger partial charge in [-0.3, -0.25) is 0 Å². The maximum atomic E-state index is 13.1. The van der Waals surface area contributed by atoms with Crippen LogP contribution >= 0.6 is 0 Å². The number of carbonyl (C=O) groups excluding carboxylic acids is 1. The molecule has 140 valence electrons. The fourth-order valence-corrected chi connectivity index (χ4v) is 3.47. The third-order valence-corrected chi connectivity index (χ3v) is 4.97. The van der Waals surface area contributed by atoms with E-state index in [1.807, 2.05) is 13.1 Å². The molecule has 26 heavy (non-hydrogen) atoms. The van der Waals surface area contributed by atoms with E-state index in [2.05, 4.69) is 20.2 Å². The molecule has 6 heteroatoms. The van der Waals surface area contributed by atoms with E-state index in [1.165, 1.54) is 31.4 Å². The van der Waals surface area contributed by atoms with E-state index in [0.717, 1.165) is 29.9 Å². The molecule has 3 rings (SSSR count). The first-order valence-corrected chi connectivity index (χ1v) is 9.41. The number of halogens is 1. The second-order valence-corrected chi connectivity index (χ2v) is 7.01. The van der Waals surface area contributed by atoms with Gasteiger partial charge >= 0.3 is 6.03 Å². The van der Waals surface area contributed by atoms with Crippen molar-refractivity contribution >= 4 is 6.03 Å². The van der Waals surface area contributed by atoms with Crippen molar-refractivity contribution in [3.05, 3.63) is 53.4 Å². The number of aryl methyl sites for hydroxylation is 1. The fraction of sp³-hybridized carbons (Fsp3) is 0.500. The Morgan fingerprint density at radius 2 is 1.96 bits per heavy atom. The maximum Gasteiger partial charge on any atom is 0.315 e. The summed E-state index contributed by atoms with van der Waals surface area (Å²) in [7, 11) is 0. The fourth-order valence-electron chi connectivity index (χ4n) is 3.47. The average molecular weight is 358 g/mol. The number of aromatic nitrogens is 2. The van der Waals surface area contributed by atoms with Crippen LogP contribution in [0.3, 0.4) is 0 Å². The molecule has 0 unspecified atom stereocenters. The number of rotatable bonds is 6. The monoisotopic (exact) mass is 358 g/mol. The first-order valence-electron chi connectivity index (χ1n) is 9.41. The lowest BCUT2D eigenvalue weighted by Crippen LogP contribution is -2.43. The highest BCUT2D eigenvalue weighted by atomic mass is 19.1. The van der Waals surface area contributed by atoms with Crippen molar-refractivity contribution in [3.63, 3.8) is 0 Å². The van der Waals surface area contributed by atoms with Crippen LogP contribution in [-0.2, 0) is 13.0 Å². The normalized spacial score (nSPS) is 15.0. The second-order valence-electron chi connectivity index (χ2n) is 7.01. The smallest absolute Gasteiger partial charge is 0.315 e. The first kappa shape index (κ1) is 18.4. The van der Waals surface area contributed by atoms with E-state index < -0.39 is 0 Å². The van der Waals surface area contributed by atoms with E-state index in [-0.39, 0.29) is 11.8 Å². The van der Waals surface area contributed by atoms with Gasteiger partial charge in [0.2, 0.25) is 0 Å². The molecule has 0 radical (unpaired) electrons. The van der Waals surface area contributed by atoms with Gasteiger partial charge in [0.15, 0.2) is 0 Å². The summed E-state index contributed by atoms with van der Waals surface area (Å²) in [5.41, 5.74) is 2.08. The van der Waals surface area contributed by atoms with Gasteiger partial charge in [0.05, 0.1) is 0 Å². The molecule has 2 amide bonds. The average Bonchev–Trinajstić information content (AvgIpc) is 2.98. The molecule has 1 heterocycles. The number of hydrogen-bond donors (Lipinski definition) is 2. The first-order chi connectivity index (χ1) is 12.6. The van der Waals surface area contributed by atoms with E-state index in [1.54, 1.807) is 12.1 Å². The Hall–Kier alpha value is -2.37. The van der Waals surface area contributed by atoms with E-state index in [4.69, 9.17) is 0 Å². The van der Waals surface area contributed by atoms with Gasteiger partial charge in [-0.15, -0.1) is 0 Å². The van der Waals surface area contributed by atoms with Crippen LogP contribution in [0.2, 0.25) is 0 Å². The summed E-state index contributed by atoms with van der Waals surface area (Å²) in [6.45, 7) is 3.19. The second kappa shape index (κ2) is 8.83. The van der Waals surface area contributed by atoms with Crippen LogP contribution in [0.5, 0.6) is 0 Å². The van der Waals surface area contributed by atoms with Crippen LogP contribution in [0.25, 0.3) is 0 Å². The minimum atomic E-state index is -0.232. The molecular formula is C20H27FN4O. The molecule has 0 spiro atoms. The van der Waals surface area contributed by atoms with Crippen molar-refractivity contribution in [2.24, 2.45) is 0 Å². The SMILES string of the molecule is Cc1cnc(CCNC(=O)NC2CCCCC2)n1Cc1ccc(F)cc1. The van der Waals surface area contributed by atoms with Crippen LogP contribution in [0.15, 0.2) is 30.5 Å².